The van der Waals surface area contributed by atoms with E-state index in [0.29, 0.717) is 48.9 Å². The number of rotatable bonds is 4. The zero-order valence-corrected chi connectivity index (χ0v) is 15.3. The quantitative estimate of drug-likeness (QED) is 0.750. The van der Waals surface area contributed by atoms with Crippen LogP contribution in [0.5, 0.6) is 0 Å². The maximum atomic E-state index is 13.4. The molecular weight excluding hydrogens is 364 g/mol. The monoisotopic (exact) mass is 385 g/mol. The highest BCUT2D eigenvalue weighted by molar-refractivity contribution is 5.76. The third-order valence-electron chi connectivity index (χ3n) is 5.37. The molecule has 1 fully saturated rings. The first-order valence-corrected chi connectivity index (χ1v) is 9.26. The standard InChI is InChI=1S/C21H21F2N3O2/c22-17-6-5-15(11-18(17)23)12-25-9-7-21(28,8-10-25)13-26-14-24-19-4-2-1-3-16(19)20(26)27/h1-6,11,14,28H,7-10,12-13H2. The van der Waals surface area contributed by atoms with Crippen molar-refractivity contribution in [1.82, 2.24) is 14.5 Å². The van der Waals surface area contributed by atoms with Crippen LogP contribution in [0.2, 0.25) is 0 Å². The highest BCUT2D eigenvalue weighted by Gasteiger charge is 2.33. The van der Waals surface area contributed by atoms with Crippen LogP contribution in [0.4, 0.5) is 8.78 Å². The highest BCUT2D eigenvalue weighted by atomic mass is 19.2. The van der Waals surface area contributed by atoms with Gasteiger partial charge in [-0.3, -0.25) is 14.3 Å². The minimum atomic E-state index is -1.00. The van der Waals surface area contributed by atoms with Crippen molar-refractivity contribution in [2.24, 2.45) is 0 Å². The number of fused-ring (bicyclic) bond motifs is 1. The topological polar surface area (TPSA) is 58.4 Å². The summed E-state index contributed by atoms with van der Waals surface area (Å²) in [4.78, 5) is 19.0. The lowest BCUT2D eigenvalue weighted by molar-refractivity contribution is -0.0365. The second-order valence-electron chi connectivity index (χ2n) is 7.44. The Bertz CT molecular complexity index is 1060. The Labute approximate surface area is 160 Å². The summed E-state index contributed by atoms with van der Waals surface area (Å²) in [5.74, 6) is -1.71. The third kappa shape index (κ3) is 3.81. The van der Waals surface area contributed by atoms with Gasteiger partial charge >= 0.3 is 0 Å². The lowest BCUT2D eigenvalue weighted by atomic mass is 9.91. The first-order chi connectivity index (χ1) is 13.4. The van der Waals surface area contributed by atoms with Crippen LogP contribution < -0.4 is 5.56 Å². The summed E-state index contributed by atoms with van der Waals surface area (Å²) < 4.78 is 27.9. The summed E-state index contributed by atoms with van der Waals surface area (Å²) in [5.41, 5.74) is 0.165. The van der Waals surface area contributed by atoms with E-state index in [4.69, 9.17) is 0 Å². The van der Waals surface area contributed by atoms with Crippen molar-refractivity contribution < 1.29 is 13.9 Å². The molecule has 1 aliphatic heterocycles. The molecule has 0 amide bonds. The Kier molecular flexibility index (Phi) is 4.95. The summed E-state index contributed by atoms with van der Waals surface area (Å²) in [6.07, 6.45) is 2.45. The summed E-state index contributed by atoms with van der Waals surface area (Å²) in [6.45, 7) is 1.88. The number of benzene rings is 2. The SMILES string of the molecule is O=c1c2ccccc2ncn1CC1(O)CCN(Cc2ccc(F)c(F)c2)CC1. The fourth-order valence-corrected chi connectivity index (χ4v) is 3.72. The van der Waals surface area contributed by atoms with Gasteiger partial charge in [0.25, 0.3) is 5.56 Å². The number of para-hydroxylation sites is 1. The molecule has 5 nitrogen and oxygen atoms in total. The lowest BCUT2D eigenvalue weighted by Crippen LogP contribution is -2.47. The normalized spacial score (nSPS) is 17.1. The van der Waals surface area contributed by atoms with Gasteiger partial charge in [-0.05, 0) is 42.7 Å². The minimum absolute atomic E-state index is 0.164. The van der Waals surface area contributed by atoms with Gasteiger partial charge in [-0.1, -0.05) is 18.2 Å². The molecule has 4 rings (SSSR count). The summed E-state index contributed by atoms with van der Waals surface area (Å²) >= 11 is 0. The molecule has 7 heteroatoms. The molecular formula is C21H21F2N3O2. The van der Waals surface area contributed by atoms with Crippen LogP contribution in [0.3, 0.4) is 0 Å². The van der Waals surface area contributed by atoms with Crippen LogP contribution in [0.25, 0.3) is 10.9 Å². The van der Waals surface area contributed by atoms with Gasteiger partial charge in [0.1, 0.15) is 0 Å². The van der Waals surface area contributed by atoms with Crippen molar-refractivity contribution in [3.8, 4) is 0 Å². The second-order valence-corrected chi connectivity index (χ2v) is 7.44. The Hall–Kier alpha value is -2.64. The Morgan fingerprint density at radius 1 is 1.07 bits per heavy atom. The first-order valence-electron chi connectivity index (χ1n) is 9.26. The number of aromatic nitrogens is 2. The molecule has 1 saturated heterocycles. The number of hydrogen-bond donors (Lipinski definition) is 1. The predicted octanol–water partition coefficient (Wildman–Crippen LogP) is 2.70. The molecule has 0 atom stereocenters. The van der Waals surface area contributed by atoms with Gasteiger partial charge in [0, 0.05) is 19.6 Å². The van der Waals surface area contributed by atoms with E-state index in [1.807, 2.05) is 6.07 Å². The zero-order chi connectivity index (χ0) is 19.7. The largest absolute Gasteiger partial charge is 0.388 e. The molecule has 146 valence electrons. The van der Waals surface area contributed by atoms with Crippen LogP contribution in [-0.4, -0.2) is 38.2 Å². The Morgan fingerprint density at radius 2 is 1.82 bits per heavy atom. The number of piperidine rings is 1. The predicted molar refractivity (Wildman–Crippen MR) is 102 cm³/mol. The molecule has 0 spiro atoms. The summed E-state index contributed by atoms with van der Waals surface area (Å²) in [5, 5.41) is 11.5. The van der Waals surface area contributed by atoms with E-state index in [1.165, 1.54) is 17.0 Å². The molecule has 0 saturated carbocycles. The number of aliphatic hydroxyl groups is 1. The van der Waals surface area contributed by atoms with Crippen molar-refractivity contribution in [2.45, 2.75) is 31.5 Å². The van der Waals surface area contributed by atoms with Crippen LogP contribution in [-0.2, 0) is 13.1 Å². The molecule has 1 aliphatic rings. The van der Waals surface area contributed by atoms with Crippen molar-refractivity contribution in [3.05, 3.63) is 76.3 Å². The Balaban J connectivity index is 1.43. The molecule has 0 radical (unpaired) electrons. The molecule has 3 aromatic rings. The van der Waals surface area contributed by atoms with E-state index >= 15 is 0 Å². The van der Waals surface area contributed by atoms with Gasteiger partial charge in [-0.15, -0.1) is 0 Å². The van der Waals surface area contributed by atoms with Gasteiger partial charge in [-0.2, -0.15) is 0 Å². The van der Waals surface area contributed by atoms with E-state index in [9.17, 15) is 18.7 Å². The highest BCUT2D eigenvalue weighted by Crippen LogP contribution is 2.25. The van der Waals surface area contributed by atoms with Crippen molar-refractivity contribution >= 4 is 10.9 Å². The first kappa shape index (κ1) is 18.7. The van der Waals surface area contributed by atoms with E-state index < -0.39 is 17.2 Å². The number of likely N-dealkylation sites (tertiary alicyclic amines) is 1. The summed E-state index contributed by atoms with van der Waals surface area (Å²) in [6, 6.07) is 11.0. The number of hydrogen-bond acceptors (Lipinski definition) is 4. The van der Waals surface area contributed by atoms with E-state index in [1.54, 1.807) is 24.3 Å². The molecule has 1 N–H and O–H groups in total. The molecule has 2 aromatic carbocycles. The molecule has 0 bridgehead atoms. The number of halogens is 2. The average Bonchev–Trinajstić information content (AvgIpc) is 2.69. The molecule has 2 heterocycles. The Morgan fingerprint density at radius 3 is 2.57 bits per heavy atom. The van der Waals surface area contributed by atoms with Crippen LogP contribution in [0, 0.1) is 11.6 Å². The smallest absolute Gasteiger partial charge is 0.261 e. The van der Waals surface area contributed by atoms with Gasteiger partial charge in [0.2, 0.25) is 0 Å². The fraction of sp³-hybridized carbons (Fsp3) is 0.333. The van der Waals surface area contributed by atoms with Gasteiger partial charge < -0.3 is 5.11 Å². The van der Waals surface area contributed by atoms with Crippen LogP contribution >= 0.6 is 0 Å². The van der Waals surface area contributed by atoms with Crippen LogP contribution in [0.15, 0.2) is 53.6 Å². The molecule has 1 aromatic heterocycles. The van der Waals surface area contributed by atoms with E-state index in [-0.39, 0.29) is 12.1 Å². The van der Waals surface area contributed by atoms with Crippen LogP contribution in [0.1, 0.15) is 18.4 Å². The second kappa shape index (κ2) is 7.41. The third-order valence-corrected chi connectivity index (χ3v) is 5.37. The zero-order valence-electron chi connectivity index (χ0n) is 15.3. The van der Waals surface area contributed by atoms with Crippen molar-refractivity contribution in [1.29, 1.82) is 0 Å². The average molecular weight is 385 g/mol. The maximum Gasteiger partial charge on any atom is 0.261 e. The summed E-state index contributed by atoms with van der Waals surface area (Å²) in [7, 11) is 0. The fourth-order valence-electron chi connectivity index (χ4n) is 3.72. The van der Waals surface area contributed by atoms with Crippen molar-refractivity contribution in [2.75, 3.05) is 13.1 Å². The molecule has 0 unspecified atom stereocenters. The van der Waals surface area contributed by atoms with E-state index in [0.717, 1.165) is 6.07 Å². The van der Waals surface area contributed by atoms with Gasteiger partial charge in [-0.25, -0.2) is 13.8 Å². The minimum Gasteiger partial charge on any atom is -0.388 e. The van der Waals surface area contributed by atoms with Gasteiger partial charge in [0.05, 0.1) is 29.4 Å². The maximum absolute atomic E-state index is 13.4. The van der Waals surface area contributed by atoms with Crippen molar-refractivity contribution in [3.63, 3.8) is 0 Å². The molecule has 0 aliphatic carbocycles. The lowest BCUT2D eigenvalue weighted by Gasteiger charge is -2.38. The molecule has 28 heavy (non-hydrogen) atoms. The van der Waals surface area contributed by atoms with E-state index in [2.05, 4.69) is 9.88 Å². The number of nitrogens with zero attached hydrogens (tertiary/aromatic N) is 3. The van der Waals surface area contributed by atoms with Gasteiger partial charge in [0.15, 0.2) is 11.6 Å².